The molecule has 2 aromatic heterocycles. The van der Waals surface area contributed by atoms with Crippen LogP contribution in [0.3, 0.4) is 0 Å². The Labute approximate surface area is 172 Å². The van der Waals surface area contributed by atoms with Crippen molar-refractivity contribution in [1.29, 1.82) is 0 Å². The molecule has 1 aromatic carbocycles. The molecule has 1 aliphatic rings. The number of fused-ring (bicyclic) bond motifs is 3. The quantitative estimate of drug-likeness (QED) is 0.620. The van der Waals surface area contributed by atoms with Gasteiger partial charge in [-0.15, -0.1) is 11.3 Å². The minimum atomic E-state index is -0.0273. The van der Waals surface area contributed by atoms with Crippen LogP contribution >= 0.6 is 11.3 Å². The molecule has 0 saturated carbocycles. The lowest BCUT2D eigenvalue weighted by atomic mass is 10.1. The van der Waals surface area contributed by atoms with Gasteiger partial charge in [0.25, 0.3) is 5.56 Å². The van der Waals surface area contributed by atoms with Crippen molar-refractivity contribution in [2.45, 2.75) is 25.9 Å². The first-order valence-electron chi connectivity index (χ1n) is 9.50. The lowest BCUT2D eigenvalue weighted by molar-refractivity contribution is -0.136. The zero-order valence-electron chi connectivity index (χ0n) is 16.5. The molecule has 0 saturated heterocycles. The summed E-state index contributed by atoms with van der Waals surface area (Å²) >= 11 is 1.51. The summed E-state index contributed by atoms with van der Waals surface area (Å²) in [5, 5.41) is 0.709. The fraction of sp³-hybridized carbons (Fsp3) is 0.381. The molecule has 3 heterocycles. The van der Waals surface area contributed by atoms with Gasteiger partial charge < -0.3 is 14.4 Å². The SMILES string of the molecule is COCC(=O)N1CCc2c(sc3ncn(CCc4ccc(OC)cc4)c(=O)c23)C1. The Hall–Kier alpha value is -2.71. The molecule has 1 aliphatic heterocycles. The topological polar surface area (TPSA) is 73.7 Å². The molecule has 0 fully saturated rings. The summed E-state index contributed by atoms with van der Waals surface area (Å²) in [6.45, 7) is 1.76. The predicted molar refractivity (Wildman–Crippen MR) is 112 cm³/mol. The number of aromatic nitrogens is 2. The number of carbonyl (C=O) groups is 1. The molecule has 0 N–H and O–H groups in total. The van der Waals surface area contributed by atoms with E-state index in [-0.39, 0.29) is 18.1 Å². The third-order valence-electron chi connectivity index (χ3n) is 5.25. The first-order valence-corrected chi connectivity index (χ1v) is 10.3. The summed E-state index contributed by atoms with van der Waals surface area (Å²) in [5.41, 5.74) is 2.18. The van der Waals surface area contributed by atoms with Crippen LogP contribution in [0.5, 0.6) is 5.75 Å². The first kappa shape index (κ1) is 19.6. The summed E-state index contributed by atoms with van der Waals surface area (Å²) in [6, 6.07) is 7.86. The molecule has 0 unspecified atom stereocenters. The highest BCUT2D eigenvalue weighted by Crippen LogP contribution is 2.32. The van der Waals surface area contributed by atoms with Crippen molar-refractivity contribution in [3.05, 3.63) is 57.0 Å². The Morgan fingerprint density at radius 1 is 1.24 bits per heavy atom. The van der Waals surface area contributed by atoms with Crippen LogP contribution in [0.1, 0.15) is 16.0 Å². The van der Waals surface area contributed by atoms with Gasteiger partial charge in [0.05, 0.1) is 25.4 Å². The van der Waals surface area contributed by atoms with Gasteiger partial charge in [-0.25, -0.2) is 4.98 Å². The molecule has 152 valence electrons. The van der Waals surface area contributed by atoms with E-state index in [9.17, 15) is 9.59 Å². The number of ether oxygens (including phenoxy) is 2. The van der Waals surface area contributed by atoms with E-state index < -0.39 is 0 Å². The molecule has 29 heavy (non-hydrogen) atoms. The lowest BCUT2D eigenvalue weighted by Gasteiger charge is -2.26. The van der Waals surface area contributed by atoms with Crippen molar-refractivity contribution in [1.82, 2.24) is 14.5 Å². The zero-order chi connectivity index (χ0) is 20.4. The monoisotopic (exact) mass is 413 g/mol. The number of hydrogen-bond donors (Lipinski definition) is 0. The smallest absolute Gasteiger partial charge is 0.262 e. The van der Waals surface area contributed by atoms with Gasteiger partial charge in [0.15, 0.2) is 0 Å². The molecular formula is C21H23N3O4S. The third kappa shape index (κ3) is 3.90. The number of hydrogen-bond acceptors (Lipinski definition) is 6. The molecule has 3 aromatic rings. The maximum Gasteiger partial charge on any atom is 0.262 e. The number of aryl methyl sites for hydroxylation is 2. The highest BCUT2D eigenvalue weighted by molar-refractivity contribution is 7.18. The molecule has 0 bridgehead atoms. The van der Waals surface area contributed by atoms with Gasteiger partial charge in [-0.1, -0.05) is 12.1 Å². The van der Waals surface area contributed by atoms with E-state index in [1.165, 1.54) is 18.4 Å². The number of benzene rings is 1. The van der Waals surface area contributed by atoms with E-state index in [1.54, 1.807) is 22.9 Å². The number of rotatable bonds is 6. The largest absolute Gasteiger partial charge is 0.497 e. The molecule has 4 rings (SSSR count). The van der Waals surface area contributed by atoms with E-state index in [1.807, 2.05) is 24.3 Å². The Kier molecular flexibility index (Phi) is 5.64. The molecule has 0 radical (unpaired) electrons. The molecule has 7 nitrogen and oxygen atoms in total. The van der Waals surface area contributed by atoms with Crippen LogP contribution < -0.4 is 10.3 Å². The Morgan fingerprint density at radius 2 is 2.03 bits per heavy atom. The Morgan fingerprint density at radius 3 is 2.76 bits per heavy atom. The van der Waals surface area contributed by atoms with Crippen molar-refractivity contribution in [2.24, 2.45) is 0 Å². The standard InChI is InChI=1S/C21H23N3O4S/c1-27-12-18(25)23-10-8-16-17(11-23)29-20-19(16)21(26)24(13-22-20)9-7-14-3-5-15(28-2)6-4-14/h3-6,13H,7-12H2,1-2H3. The highest BCUT2D eigenvalue weighted by atomic mass is 32.1. The van der Waals surface area contributed by atoms with Crippen LogP contribution in [0.15, 0.2) is 35.4 Å². The molecule has 0 aliphatic carbocycles. The number of nitrogens with zero attached hydrogens (tertiary/aromatic N) is 3. The average molecular weight is 413 g/mol. The van der Waals surface area contributed by atoms with Gasteiger partial charge in [0.2, 0.25) is 5.91 Å². The summed E-state index contributed by atoms with van der Waals surface area (Å²) in [7, 11) is 3.16. The van der Waals surface area contributed by atoms with E-state index in [2.05, 4.69) is 4.98 Å². The van der Waals surface area contributed by atoms with Crippen molar-refractivity contribution in [3.63, 3.8) is 0 Å². The van der Waals surface area contributed by atoms with Crippen molar-refractivity contribution in [3.8, 4) is 5.75 Å². The van der Waals surface area contributed by atoms with E-state index in [4.69, 9.17) is 9.47 Å². The normalized spacial score (nSPS) is 13.5. The molecule has 1 amide bonds. The van der Waals surface area contributed by atoms with E-state index in [0.29, 0.717) is 31.4 Å². The van der Waals surface area contributed by atoms with Crippen LogP contribution in [0, 0.1) is 0 Å². The van der Waals surface area contributed by atoms with Crippen molar-refractivity contribution >= 4 is 27.5 Å². The van der Waals surface area contributed by atoms with E-state index in [0.717, 1.165) is 33.0 Å². The number of methoxy groups -OCH3 is 2. The summed E-state index contributed by atoms with van der Waals surface area (Å²) in [4.78, 5) is 33.3. The molecule has 0 spiro atoms. The lowest BCUT2D eigenvalue weighted by Crippen LogP contribution is -2.37. The van der Waals surface area contributed by atoms with E-state index >= 15 is 0 Å². The van der Waals surface area contributed by atoms with Gasteiger partial charge >= 0.3 is 0 Å². The minimum Gasteiger partial charge on any atom is -0.497 e. The molecular weight excluding hydrogens is 390 g/mol. The third-order valence-corrected chi connectivity index (χ3v) is 6.37. The van der Waals surface area contributed by atoms with Gasteiger partial charge in [-0.3, -0.25) is 14.2 Å². The zero-order valence-corrected chi connectivity index (χ0v) is 17.3. The average Bonchev–Trinajstić information content (AvgIpc) is 3.12. The minimum absolute atomic E-state index is 0.00215. The molecule has 0 atom stereocenters. The Balaban J connectivity index is 1.56. The van der Waals surface area contributed by atoms with Crippen LogP contribution in [0.25, 0.3) is 10.2 Å². The number of amides is 1. The fourth-order valence-corrected chi connectivity index (χ4v) is 4.84. The van der Waals surface area contributed by atoms with Crippen molar-refractivity contribution < 1.29 is 14.3 Å². The Bertz CT molecular complexity index is 1090. The van der Waals surface area contributed by atoms with Crippen molar-refractivity contribution in [2.75, 3.05) is 27.4 Å². The summed E-state index contributed by atoms with van der Waals surface area (Å²) < 4.78 is 11.8. The fourth-order valence-electron chi connectivity index (χ4n) is 3.65. The van der Waals surface area contributed by atoms with Gasteiger partial charge in [-0.2, -0.15) is 0 Å². The highest BCUT2D eigenvalue weighted by Gasteiger charge is 2.26. The first-order chi connectivity index (χ1) is 14.1. The maximum absolute atomic E-state index is 13.1. The molecule has 8 heteroatoms. The van der Waals surface area contributed by atoms with Gasteiger partial charge in [0.1, 0.15) is 17.2 Å². The van der Waals surface area contributed by atoms with Crippen LogP contribution in [0.2, 0.25) is 0 Å². The number of carbonyl (C=O) groups excluding carboxylic acids is 1. The number of thiophene rings is 1. The van der Waals surface area contributed by atoms with Crippen LogP contribution in [-0.2, 0) is 35.5 Å². The second-order valence-electron chi connectivity index (χ2n) is 7.02. The predicted octanol–water partition coefficient (Wildman–Crippen LogP) is 2.24. The second kappa shape index (κ2) is 8.34. The second-order valence-corrected chi connectivity index (χ2v) is 8.11. The van der Waals surface area contributed by atoms with Crippen LogP contribution in [0.4, 0.5) is 0 Å². The summed E-state index contributed by atoms with van der Waals surface area (Å²) in [6.07, 6.45) is 3.04. The van der Waals surface area contributed by atoms with Gasteiger partial charge in [0, 0.05) is 25.1 Å². The summed E-state index contributed by atoms with van der Waals surface area (Å²) in [5.74, 6) is 0.789. The van der Waals surface area contributed by atoms with Crippen LogP contribution in [-0.4, -0.2) is 47.7 Å². The maximum atomic E-state index is 13.1. The van der Waals surface area contributed by atoms with Gasteiger partial charge in [-0.05, 0) is 36.1 Å².